The number of ether oxygens (including phenoxy) is 1. The van der Waals surface area contributed by atoms with E-state index in [2.05, 4.69) is 25.9 Å². The van der Waals surface area contributed by atoms with Crippen LogP contribution in [0.5, 0.6) is 5.75 Å². The fraction of sp³-hybridized carbons (Fsp3) is 0.250. The molecule has 0 saturated heterocycles. The Labute approximate surface area is 204 Å². The van der Waals surface area contributed by atoms with Gasteiger partial charge >= 0.3 is 6.18 Å². The van der Waals surface area contributed by atoms with Crippen LogP contribution in [0.15, 0.2) is 42.6 Å². The highest BCUT2D eigenvalue weighted by molar-refractivity contribution is 5.89. The summed E-state index contributed by atoms with van der Waals surface area (Å²) >= 11 is 0. The second kappa shape index (κ2) is 9.72. The van der Waals surface area contributed by atoms with E-state index in [-0.39, 0.29) is 23.5 Å². The average molecular weight is 500 g/mol. The molecule has 2 heterocycles. The molecule has 1 aromatic heterocycles. The highest BCUT2D eigenvalue weighted by Crippen LogP contribution is 2.38. The number of hydrogen-bond donors (Lipinski definition) is 3. The summed E-state index contributed by atoms with van der Waals surface area (Å²) in [7, 11) is 1.47. The monoisotopic (exact) mass is 500 g/mol. The van der Waals surface area contributed by atoms with Crippen molar-refractivity contribution in [3.8, 4) is 5.75 Å². The molecule has 0 atom stereocenters. The minimum absolute atomic E-state index is 0.0657. The number of alkyl halides is 3. The van der Waals surface area contributed by atoms with Crippen LogP contribution in [-0.2, 0) is 28.9 Å². The fourth-order valence-electron chi connectivity index (χ4n) is 3.80. The molecule has 3 N–H and O–H groups in total. The summed E-state index contributed by atoms with van der Waals surface area (Å²) in [4.78, 5) is 32.7. The van der Waals surface area contributed by atoms with Crippen molar-refractivity contribution in [3.05, 3.63) is 59.3 Å². The van der Waals surface area contributed by atoms with Gasteiger partial charge in [-0.1, -0.05) is 6.07 Å². The lowest BCUT2D eigenvalue weighted by Crippen LogP contribution is -2.21. The third kappa shape index (κ3) is 5.48. The summed E-state index contributed by atoms with van der Waals surface area (Å²) in [5.74, 6) is -0.512. The molecular weight excluding hydrogens is 477 g/mol. The van der Waals surface area contributed by atoms with Crippen LogP contribution in [0.25, 0.3) is 0 Å². The molecule has 1 aliphatic heterocycles. The van der Waals surface area contributed by atoms with Gasteiger partial charge in [-0.25, -0.2) is 4.98 Å². The van der Waals surface area contributed by atoms with Crippen molar-refractivity contribution < 1.29 is 27.5 Å². The van der Waals surface area contributed by atoms with Gasteiger partial charge in [-0.05, 0) is 41.5 Å². The molecule has 36 heavy (non-hydrogen) atoms. The third-order valence-corrected chi connectivity index (χ3v) is 5.48. The Morgan fingerprint density at radius 1 is 1.03 bits per heavy atom. The molecule has 0 radical (unpaired) electrons. The van der Waals surface area contributed by atoms with E-state index in [9.17, 15) is 22.8 Å². The molecule has 9 nitrogen and oxygen atoms in total. The van der Waals surface area contributed by atoms with E-state index < -0.39 is 17.6 Å². The number of carbonyl (C=O) groups is 2. The quantitative estimate of drug-likeness (QED) is 0.446. The summed E-state index contributed by atoms with van der Waals surface area (Å²) in [6.45, 7) is 3.67. The van der Waals surface area contributed by atoms with Crippen molar-refractivity contribution >= 4 is 40.6 Å². The van der Waals surface area contributed by atoms with Crippen LogP contribution >= 0.6 is 0 Å². The number of nitrogens with one attached hydrogen (secondary N) is 3. The van der Waals surface area contributed by atoms with E-state index in [0.717, 1.165) is 11.1 Å². The molecule has 12 heteroatoms. The van der Waals surface area contributed by atoms with Gasteiger partial charge in [0.2, 0.25) is 17.8 Å². The summed E-state index contributed by atoms with van der Waals surface area (Å²) in [6.07, 6.45) is -4.02. The molecule has 0 fully saturated rings. The number of benzene rings is 2. The number of aromatic nitrogens is 2. The molecule has 0 aliphatic carbocycles. The van der Waals surface area contributed by atoms with Gasteiger partial charge in [-0.2, -0.15) is 18.2 Å². The lowest BCUT2D eigenvalue weighted by molar-refractivity contribution is -0.137. The average Bonchev–Trinajstić information content (AvgIpc) is 3.21. The van der Waals surface area contributed by atoms with Crippen LogP contribution in [0.4, 0.5) is 42.0 Å². The van der Waals surface area contributed by atoms with Crippen molar-refractivity contribution in [1.29, 1.82) is 0 Å². The molecule has 0 unspecified atom stereocenters. The number of fused-ring (bicyclic) bond motifs is 1. The minimum atomic E-state index is -4.71. The zero-order valence-corrected chi connectivity index (χ0v) is 19.7. The Hall–Kier alpha value is -4.35. The molecule has 3 aromatic rings. The number of amides is 2. The van der Waals surface area contributed by atoms with Crippen molar-refractivity contribution in [2.45, 2.75) is 33.1 Å². The summed E-state index contributed by atoms with van der Waals surface area (Å²) in [5.41, 5.74) is 1.89. The van der Waals surface area contributed by atoms with E-state index in [1.54, 1.807) is 35.2 Å². The first-order valence-corrected chi connectivity index (χ1v) is 10.8. The zero-order valence-electron chi connectivity index (χ0n) is 19.7. The molecule has 188 valence electrons. The van der Waals surface area contributed by atoms with Crippen molar-refractivity contribution in [2.75, 3.05) is 23.1 Å². The lowest BCUT2D eigenvalue weighted by atomic mass is 10.1. The van der Waals surface area contributed by atoms with E-state index in [1.165, 1.54) is 27.0 Å². The van der Waals surface area contributed by atoms with Crippen molar-refractivity contribution in [3.63, 3.8) is 0 Å². The zero-order chi connectivity index (χ0) is 26.0. The first-order chi connectivity index (χ1) is 17.0. The Morgan fingerprint density at radius 3 is 2.36 bits per heavy atom. The van der Waals surface area contributed by atoms with E-state index >= 15 is 0 Å². The van der Waals surface area contributed by atoms with Crippen molar-refractivity contribution in [1.82, 2.24) is 14.9 Å². The first-order valence-electron chi connectivity index (χ1n) is 10.8. The van der Waals surface area contributed by atoms with E-state index in [1.807, 2.05) is 0 Å². The van der Waals surface area contributed by atoms with Crippen molar-refractivity contribution in [2.24, 2.45) is 0 Å². The van der Waals surface area contributed by atoms with Crippen LogP contribution in [-0.4, -0.2) is 33.8 Å². The van der Waals surface area contributed by atoms with Gasteiger partial charge in [0.25, 0.3) is 0 Å². The van der Waals surface area contributed by atoms with Gasteiger partial charge < -0.3 is 25.6 Å². The Morgan fingerprint density at radius 2 is 1.72 bits per heavy atom. The van der Waals surface area contributed by atoms with Crippen LogP contribution in [0, 0.1) is 0 Å². The molecule has 1 aliphatic rings. The lowest BCUT2D eigenvalue weighted by Gasteiger charge is -2.16. The predicted molar refractivity (Wildman–Crippen MR) is 127 cm³/mol. The standard InChI is InChI=1S/C24H23F3N6O3/c1-13(34)29-17-5-4-6-18(9-17)30-22-19(24(25,26)27)10-28-23(32-22)31-20-7-15-11-33(14(2)35)12-16(15)8-21(20)36-3/h4-10H,11-12H2,1-3H3,(H,29,34)(H2,28,30,31,32). The van der Waals surface area contributed by atoms with Gasteiger partial charge in [0.15, 0.2) is 0 Å². The van der Waals surface area contributed by atoms with Gasteiger partial charge in [-0.15, -0.1) is 0 Å². The Balaban J connectivity index is 1.66. The number of hydrogen-bond acceptors (Lipinski definition) is 7. The third-order valence-electron chi connectivity index (χ3n) is 5.48. The molecule has 2 amide bonds. The Bertz CT molecular complexity index is 1330. The number of methoxy groups -OCH3 is 1. The van der Waals surface area contributed by atoms with Crippen LogP contribution in [0.1, 0.15) is 30.5 Å². The number of anilines is 5. The molecule has 4 rings (SSSR count). The summed E-state index contributed by atoms with van der Waals surface area (Å²) in [6, 6.07) is 9.77. The second-order valence-electron chi connectivity index (χ2n) is 8.16. The van der Waals surface area contributed by atoms with Crippen LogP contribution in [0.2, 0.25) is 0 Å². The van der Waals surface area contributed by atoms with Crippen LogP contribution < -0.4 is 20.7 Å². The second-order valence-corrected chi connectivity index (χ2v) is 8.16. The number of halogens is 3. The van der Waals surface area contributed by atoms with Gasteiger partial charge in [-0.3, -0.25) is 9.59 Å². The molecule has 0 bridgehead atoms. The normalized spacial score (nSPS) is 12.7. The molecule has 0 spiro atoms. The Kier molecular flexibility index (Phi) is 6.69. The highest BCUT2D eigenvalue weighted by Gasteiger charge is 2.35. The van der Waals surface area contributed by atoms with Crippen LogP contribution in [0.3, 0.4) is 0 Å². The number of carbonyl (C=O) groups excluding carboxylic acids is 2. The molecule has 0 saturated carbocycles. The molecule has 2 aromatic carbocycles. The smallest absolute Gasteiger partial charge is 0.421 e. The molecular formula is C24H23F3N6O3. The first kappa shape index (κ1) is 24.8. The predicted octanol–water partition coefficient (Wildman–Crippen LogP) is 4.81. The van der Waals surface area contributed by atoms with Gasteiger partial charge in [0.05, 0.1) is 12.8 Å². The number of rotatable bonds is 6. The summed E-state index contributed by atoms with van der Waals surface area (Å²) < 4.78 is 46.5. The fourth-order valence-corrected chi connectivity index (χ4v) is 3.80. The minimum Gasteiger partial charge on any atom is -0.495 e. The van der Waals surface area contributed by atoms with E-state index in [0.29, 0.717) is 36.4 Å². The summed E-state index contributed by atoms with van der Waals surface area (Å²) in [5, 5.41) is 8.17. The van der Waals surface area contributed by atoms with Gasteiger partial charge in [0, 0.05) is 44.5 Å². The SMILES string of the molecule is COc1cc2c(cc1Nc1ncc(C(F)(F)F)c(Nc3cccc(NC(C)=O)c3)n1)CN(C(C)=O)C2. The number of nitrogens with zero attached hydrogens (tertiary/aromatic N) is 3. The maximum atomic E-state index is 13.7. The maximum absolute atomic E-state index is 13.7. The topological polar surface area (TPSA) is 108 Å². The maximum Gasteiger partial charge on any atom is 0.421 e. The largest absolute Gasteiger partial charge is 0.495 e. The van der Waals surface area contributed by atoms with Gasteiger partial charge in [0.1, 0.15) is 17.1 Å². The highest BCUT2D eigenvalue weighted by atomic mass is 19.4. The van der Waals surface area contributed by atoms with E-state index in [4.69, 9.17) is 4.74 Å².